The molecule has 2 aromatic rings. The van der Waals surface area contributed by atoms with Crippen molar-refractivity contribution >= 4 is 11.8 Å². The van der Waals surface area contributed by atoms with Gasteiger partial charge in [0.2, 0.25) is 5.95 Å². The topological polar surface area (TPSA) is 90.2 Å². The Bertz CT molecular complexity index is 883. The molecule has 144 valence electrons. The molecular weight excluding hydrogens is 338 g/mol. The van der Waals surface area contributed by atoms with Crippen LogP contribution in [-0.2, 0) is 7.05 Å². The third-order valence-electron chi connectivity index (χ3n) is 6.82. The van der Waals surface area contributed by atoms with Gasteiger partial charge >= 0.3 is 0 Å². The van der Waals surface area contributed by atoms with E-state index in [4.69, 9.17) is 11.5 Å². The van der Waals surface area contributed by atoms with E-state index in [-0.39, 0.29) is 17.0 Å². The van der Waals surface area contributed by atoms with Crippen molar-refractivity contribution in [1.82, 2.24) is 9.55 Å². The third-order valence-corrected chi connectivity index (χ3v) is 6.82. The molecule has 1 saturated heterocycles. The Morgan fingerprint density at radius 3 is 2.41 bits per heavy atom. The van der Waals surface area contributed by atoms with Crippen LogP contribution in [0.4, 0.5) is 11.8 Å². The first kappa shape index (κ1) is 18.0. The van der Waals surface area contributed by atoms with E-state index in [1.165, 1.54) is 12.8 Å². The van der Waals surface area contributed by atoms with E-state index in [2.05, 4.69) is 16.8 Å². The standard InChI is InChI=1S/C21H29N5O/c1-14-8-9-21(17(14)22)10-12-26(13-11-21)20-24-18(23)16(19(27)25(20)2)15-6-4-3-5-7-15/h3-7,14,17H,8-13,22-23H2,1-2H3/t14-,17-/m1/s1. The van der Waals surface area contributed by atoms with Crippen molar-refractivity contribution < 1.29 is 0 Å². The number of benzene rings is 1. The van der Waals surface area contributed by atoms with Gasteiger partial charge in [0.05, 0.1) is 5.56 Å². The number of rotatable bonds is 2. The van der Waals surface area contributed by atoms with Gasteiger partial charge in [-0.25, -0.2) is 0 Å². The lowest BCUT2D eigenvalue weighted by molar-refractivity contribution is 0.185. The summed E-state index contributed by atoms with van der Waals surface area (Å²) in [6, 6.07) is 9.78. The predicted octanol–water partition coefficient (Wildman–Crippen LogP) is 2.37. The zero-order chi connectivity index (χ0) is 19.2. The highest BCUT2D eigenvalue weighted by Crippen LogP contribution is 2.48. The first-order valence-electron chi connectivity index (χ1n) is 9.85. The Hall–Kier alpha value is -2.34. The van der Waals surface area contributed by atoms with Crippen LogP contribution in [0.3, 0.4) is 0 Å². The maximum atomic E-state index is 13.0. The largest absolute Gasteiger partial charge is 0.383 e. The molecule has 0 amide bonds. The van der Waals surface area contributed by atoms with Crippen LogP contribution in [0.1, 0.15) is 32.6 Å². The van der Waals surface area contributed by atoms with E-state index in [0.29, 0.717) is 23.2 Å². The maximum absolute atomic E-state index is 13.0. The van der Waals surface area contributed by atoms with Gasteiger partial charge in [-0.2, -0.15) is 4.98 Å². The second-order valence-electron chi connectivity index (χ2n) is 8.29. The molecule has 6 nitrogen and oxygen atoms in total. The zero-order valence-corrected chi connectivity index (χ0v) is 16.2. The van der Waals surface area contributed by atoms with E-state index < -0.39 is 0 Å². The van der Waals surface area contributed by atoms with Crippen LogP contribution in [0.2, 0.25) is 0 Å². The average Bonchev–Trinajstić information content (AvgIpc) is 2.95. The van der Waals surface area contributed by atoms with Crippen molar-refractivity contribution in [3.05, 3.63) is 40.7 Å². The molecule has 2 fully saturated rings. The molecule has 1 aromatic heterocycles. The monoisotopic (exact) mass is 367 g/mol. The van der Waals surface area contributed by atoms with E-state index >= 15 is 0 Å². The summed E-state index contributed by atoms with van der Waals surface area (Å²) in [4.78, 5) is 19.8. The zero-order valence-electron chi connectivity index (χ0n) is 16.2. The summed E-state index contributed by atoms with van der Waals surface area (Å²) in [5, 5.41) is 0. The smallest absolute Gasteiger partial charge is 0.264 e. The summed E-state index contributed by atoms with van der Waals surface area (Å²) in [6.45, 7) is 4.00. The molecule has 4 rings (SSSR count). The van der Waals surface area contributed by atoms with Gasteiger partial charge in [0.15, 0.2) is 0 Å². The van der Waals surface area contributed by atoms with Gasteiger partial charge in [-0.05, 0) is 42.6 Å². The molecule has 2 atom stereocenters. The average molecular weight is 367 g/mol. The molecule has 2 aliphatic rings. The second kappa shape index (κ2) is 6.68. The second-order valence-corrected chi connectivity index (χ2v) is 8.29. The van der Waals surface area contributed by atoms with Crippen LogP contribution in [0.15, 0.2) is 35.1 Å². The minimum absolute atomic E-state index is 0.102. The molecule has 1 aromatic carbocycles. The molecule has 6 heteroatoms. The summed E-state index contributed by atoms with van der Waals surface area (Å²) in [7, 11) is 1.78. The summed E-state index contributed by atoms with van der Waals surface area (Å²) in [5.41, 5.74) is 14.2. The predicted molar refractivity (Wildman–Crippen MR) is 110 cm³/mol. The van der Waals surface area contributed by atoms with Crippen molar-refractivity contribution in [3.8, 4) is 11.1 Å². The SMILES string of the molecule is C[C@@H]1CCC2(CCN(c3nc(N)c(-c4ccccc4)c(=O)n3C)CC2)[C@@H]1N. The fourth-order valence-corrected chi connectivity index (χ4v) is 4.97. The van der Waals surface area contributed by atoms with Crippen molar-refractivity contribution in [2.24, 2.45) is 24.1 Å². The maximum Gasteiger partial charge on any atom is 0.264 e. The number of aromatic nitrogens is 2. The Balaban J connectivity index is 1.62. The quantitative estimate of drug-likeness (QED) is 0.850. The van der Waals surface area contributed by atoms with Crippen LogP contribution in [0.25, 0.3) is 11.1 Å². The Labute approximate surface area is 160 Å². The minimum atomic E-state index is -0.102. The molecule has 1 aliphatic carbocycles. The van der Waals surface area contributed by atoms with Crippen LogP contribution >= 0.6 is 0 Å². The van der Waals surface area contributed by atoms with Crippen molar-refractivity contribution in [2.45, 2.75) is 38.6 Å². The van der Waals surface area contributed by atoms with Crippen LogP contribution in [0.5, 0.6) is 0 Å². The first-order valence-corrected chi connectivity index (χ1v) is 9.85. The molecule has 2 heterocycles. The van der Waals surface area contributed by atoms with Gasteiger partial charge < -0.3 is 16.4 Å². The highest BCUT2D eigenvalue weighted by Gasteiger charge is 2.46. The lowest BCUT2D eigenvalue weighted by Crippen LogP contribution is -2.49. The van der Waals surface area contributed by atoms with Gasteiger partial charge in [-0.3, -0.25) is 9.36 Å². The highest BCUT2D eigenvalue weighted by atomic mass is 16.1. The van der Waals surface area contributed by atoms with E-state index in [1.54, 1.807) is 11.6 Å². The fraction of sp³-hybridized carbons (Fsp3) is 0.524. The molecular formula is C21H29N5O. The van der Waals surface area contributed by atoms with Crippen molar-refractivity contribution in [3.63, 3.8) is 0 Å². The van der Waals surface area contributed by atoms with E-state index in [9.17, 15) is 4.79 Å². The van der Waals surface area contributed by atoms with Crippen LogP contribution in [0, 0.1) is 11.3 Å². The van der Waals surface area contributed by atoms with Gasteiger partial charge in [-0.15, -0.1) is 0 Å². The van der Waals surface area contributed by atoms with Gasteiger partial charge in [0, 0.05) is 26.2 Å². The Morgan fingerprint density at radius 2 is 1.81 bits per heavy atom. The van der Waals surface area contributed by atoms with Gasteiger partial charge in [0.25, 0.3) is 5.56 Å². The number of hydrogen-bond donors (Lipinski definition) is 2. The molecule has 1 saturated carbocycles. The lowest BCUT2D eigenvalue weighted by atomic mass is 9.73. The fourth-order valence-electron chi connectivity index (χ4n) is 4.97. The lowest BCUT2D eigenvalue weighted by Gasteiger charge is -2.43. The first-order chi connectivity index (χ1) is 12.9. The normalized spacial score (nSPS) is 24.5. The molecule has 0 bridgehead atoms. The highest BCUT2D eigenvalue weighted by molar-refractivity contribution is 5.73. The molecule has 0 radical (unpaired) electrons. The minimum Gasteiger partial charge on any atom is -0.383 e. The third kappa shape index (κ3) is 2.92. The van der Waals surface area contributed by atoms with Crippen LogP contribution in [-0.4, -0.2) is 28.7 Å². The van der Waals surface area contributed by atoms with Crippen molar-refractivity contribution in [1.29, 1.82) is 0 Å². The van der Waals surface area contributed by atoms with Gasteiger partial charge in [-0.1, -0.05) is 37.3 Å². The van der Waals surface area contributed by atoms with Crippen LogP contribution < -0.4 is 21.9 Å². The summed E-state index contributed by atoms with van der Waals surface area (Å²) >= 11 is 0. The number of nitrogen functional groups attached to an aromatic ring is 1. The summed E-state index contributed by atoms with van der Waals surface area (Å²) < 4.78 is 1.63. The van der Waals surface area contributed by atoms with E-state index in [1.807, 2.05) is 30.3 Å². The molecule has 4 N–H and O–H groups in total. The van der Waals surface area contributed by atoms with Crippen molar-refractivity contribution in [2.75, 3.05) is 23.7 Å². The van der Waals surface area contributed by atoms with Gasteiger partial charge in [0.1, 0.15) is 5.82 Å². The molecule has 1 aliphatic heterocycles. The molecule has 27 heavy (non-hydrogen) atoms. The number of nitrogens with two attached hydrogens (primary N) is 2. The Morgan fingerprint density at radius 1 is 1.15 bits per heavy atom. The Kier molecular flexibility index (Phi) is 4.46. The van der Waals surface area contributed by atoms with E-state index in [0.717, 1.165) is 31.5 Å². The number of piperidine rings is 1. The number of anilines is 2. The number of hydrogen-bond acceptors (Lipinski definition) is 5. The molecule has 0 unspecified atom stereocenters. The summed E-state index contributed by atoms with van der Waals surface area (Å²) in [6.07, 6.45) is 4.53. The summed E-state index contributed by atoms with van der Waals surface area (Å²) in [5.74, 6) is 1.55. The number of nitrogens with zero attached hydrogens (tertiary/aromatic N) is 3. The molecule has 1 spiro atoms.